The summed E-state index contributed by atoms with van der Waals surface area (Å²) in [5.41, 5.74) is 6.92. The topological polar surface area (TPSA) is 55.1 Å². The zero-order chi connectivity index (χ0) is 13.2. The first-order valence-electron chi connectivity index (χ1n) is 6.32. The fraction of sp³-hybridized carbons (Fsp3) is 0.500. The molecule has 18 heavy (non-hydrogen) atoms. The predicted molar refractivity (Wildman–Crippen MR) is 76.1 cm³/mol. The van der Waals surface area contributed by atoms with Crippen molar-refractivity contribution in [3.05, 3.63) is 34.3 Å². The maximum absolute atomic E-state index is 11.9. The molecule has 1 aromatic carbocycles. The van der Waals surface area contributed by atoms with Crippen molar-refractivity contribution in [2.24, 2.45) is 5.73 Å². The molecule has 0 bridgehead atoms. The summed E-state index contributed by atoms with van der Waals surface area (Å²) in [4.78, 5) is 11.9. The molecular weight excluding hydrogens is 292 g/mol. The molecule has 98 valence electrons. The Morgan fingerprint density at radius 3 is 2.83 bits per heavy atom. The smallest absolute Gasteiger partial charge is 0.222 e. The summed E-state index contributed by atoms with van der Waals surface area (Å²) in [5, 5.41) is 3.01. The fourth-order valence-electron chi connectivity index (χ4n) is 2.28. The summed E-state index contributed by atoms with van der Waals surface area (Å²) < 4.78 is 1.02. The summed E-state index contributed by atoms with van der Waals surface area (Å²) in [5.74, 6) is 0.0460. The van der Waals surface area contributed by atoms with Crippen LogP contribution in [0, 0.1) is 0 Å². The quantitative estimate of drug-likeness (QED) is 0.898. The highest BCUT2D eigenvalue weighted by molar-refractivity contribution is 9.10. The largest absolute Gasteiger partial charge is 0.350 e. The van der Waals surface area contributed by atoms with Crippen LogP contribution >= 0.6 is 15.9 Å². The first kappa shape index (κ1) is 13.6. The van der Waals surface area contributed by atoms with Crippen molar-refractivity contribution in [1.82, 2.24) is 5.32 Å². The molecule has 3 N–H and O–H groups in total. The lowest BCUT2D eigenvalue weighted by Crippen LogP contribution is -2.50. The number of carbonyl (C=O) groups is 1. The molecule has 2 rings (SSSR count). The zero-order valence-corrected chi connectivity index (χ0v) is 12.2. The predicted octanol–water partition coefficient (Wildman–Crippen LogP) is 2.90. The zero-order valence-electron chi connectivity index (χ0n) is 10.6. The minimum atomic E-state index is -0.249. The normalized spacial score (nSPS) is 18.8. The summed E-state index contributed by atoms with van der Waals surface area (Å²) in [7, 11) is 0. The van der Waals surface area contributed by atoms with Crippen LogP contribution in [0.5, 0.6) is 0 Å². The molecule has 1 aromatic rings. The van der Waals surface area contributed by atoms with Crippen LogP contribution in [0.3, 0.4) is 0 Å². The van der Waals surface area contributed by atoms with Crippen LogP contribution in [0.25, 0.3) is 0 Å². The summed E-state index contributed by atoms with van der Waals surface area (Å²) in [6.07, 6.45) is 3.51. The second-order valence-corrected chi connectivity index (χ2v) is 6.15. The number of hydrogen-bond donors (Lipinski definition) is 2. The summed E-state index contributed by atoms with van der Waals surface area (Å²) in [6, 6.07) is 7.99. The van der Waals surface area contributed by atoms with E-state index in [0.29, 0.717) is 6.42 Å². The van der Waals surface area contributed by atoms with Crippen LogP contribution in [0.2, 0.25) is 0 Å². The van der Waals surface area contributed by atoms with Gasteiger partial charge in [0.1, 0.15) is 0 Å². The highest BCUT2D eigenvalue weighted by atomic mass is 79.9. The Labute approximate surface area is 116 Å². The highest BCUT2D eigenvalue weighted by Crippen LogP contribution is 2.32. The first-order valence-corrected chi connectivity index (χ1v) is 7.12. The minimum absolute atomic E-state index is 0.0127. The monoisotopic (exact) mass is 310 g/mol. The Bertz CT molecular complexity index is 443. The molecule has 0 heterocycles. The lowest BCUT2D eigenvalue weighted by atomic mass is 9.75. The number of halogens is 1. The summed E-state index contributed by atoms with van der Waals surface area (Å²) >= 11 is 3.43. The second-order valence-electron chi connectivity index (χ2n) is 5.24. The standard InChI is InChI=1S/C14H19BrN2O/c1-10(11-4-2-5-12(15)8-11)17-13(18)9-14(16)6-3-7-14/h2,4-5,8,10H,3,6-7,9,16H2,1H3,(H,17,18). The van der Waals surface area contributed by atoms with Crippen LogP contribution in [0.15, 0.2) is 28.7 Å². The number of carbonyl (C=O) groups excluding carboxylic acids is 1. The van der Waals surface area contributed by atoms with Gasteiger partial charge in [-0.15, -0.1) is 0 Å². The SMILES string of the molecule is CC(NC(=O)CC1(N)CCC1)c1cccc(Br)c1. The molecule has 1 saturated carbocycles. The molecule has 4 heteroatoms. The van der Waals surface area contributed by atoms with E-state index in [9.17, 15) is 4.79 Å². The van der Waals surface area contributed by atoms with Gasteiger partial charge in [-0.1, -0.05) is 28.1 Å². The third-order valence-corrected chi connectivity index (χ3v) is 4.08. The van der Waals surface area contributed by atoms with Gasteiger partial charge in [-0.3, -0.25) is 4.79 Å². The van der Waals surface area contributed by atoms with Gasteiger partial charge in [-0.25, -0.2) is 0 Å². The molecule has 0 radical (unpaired) electrons. The number of nitrogens with one attached hydrogen (secondary N) is 1. The molecule has 0 aromatic heterocycles. The lowest BCUT2D eigenvalue weighted by Gasteiger charge is -2.37. The third kappa shape index (κ3) is 3.33. The van der Waals surface area contributed by atoms with Crippen molar-refractivity contribution in [2.45, 2.75) is 44.2 Å². The Balaban J connectivity index is 1.90. The van der Waals surface area contributed by atoms with E-state index in [1.54, 1.807) is 0 Å². The van der Waals surface area contributed by atoms with Gasteiger partial charge in [0.25, 0.3) is 0 Å². The molecule has 1 aliphatic carbocycles. The van der Waals surface area contributed by atoms with Gasteiger partial charge in [-0.05, 0) is 43.9 Å². The number of hydrogen-bond acceptors (Lipinski definition) is 2. The summed E-state index contributed by atoms with van der Waals surface area (Å²) in [6.45, 7) is 1.99. The average molecular weight is 311 g/mol. The van der Waals surface area contributed by atoms with E-state index in [2.05, 4.69) is 21.2 Å². The molecule has 3 nitrogen and oxygen atoms in total. The van der Waals surface area contributed by atoms with Crippen LogP contribution in [0.1, 0.15) is 44.2 Å². The van der Waals surface area contributed by atoms with E-state index in [0.717, 1.165) is 29.3 Å². The van der Waals surface area contributed by atoms with Crippen LogP contribution in [0.4, 0.5) is 0 Å². The van der Waals surface area contributed by atoms with Crippen LogP contribution < -0.4 is 11.1 Å². The van der Waals surface area contributed by atoms with E-state index in [1.807, 2.05) is 31.2 Å². The molecule has 0 saturated heterocycles. The molecule has 1 fully saturated rings. The molecular formula is C14H19BrN2O. The second kappa shape index (κ2) is 5.41. The number of benzene rings is 1. The van der Waals surface area contributed by atoms with Crippen molar-refractivity contribution in [2.75, 3.05) is 0 Å². The van der Waals surface area contributed by atoms with E-state index in [-0.39, 0.29) is 17.5 Å². The van der Waals surface area contributed by atoms with Crippen molar-refractivity contribution < 1.29 is 4.79 Å². The van der Waals surface area contributed by atoms with Gasteiger partial charge in [0.15, 0.2) is 0 Å². The van der Waals surface area contributed by atoms with Gasteiger partial charge >= 0.3 is 0 Å². The Morgan fingerprint density at radius 2 is 2.28 bits per heavy atom. The Kier molecular flexibility index (Phi) is 4.07. The maximum atomic E-state index is 11.9. The van der Waals surface area contributed by atoms with Crippen LogP contribution in [-0.4, -0.2) is 11.4 Å². The van der Waals surface area contributed by atoms with Crippen molar-refractivity contribution in [3.8, 4) is 0 Å². The number of nitrogens with two attached hydrogens (primary N) is 1. The molecule has 0 spiro atoms. The maximum Gasteiger partial charge on any atom is 0.222 e. The van der Waals surface area contributed by atoms with Crippen molar-refractivity contribution >= 4 is 21.8 Å². The van der Waals surface area contributed by atoms with E-state index < -0.39 is 0 Å². The highest BCUT2D eigenvalue weighted by Gasteiger charge is 2.34. The Hall–Kier alpha value is -0.870. The lowest BCUT2D eigenvalue weighted by molar-refractivity contribution is -0.123. The molecule has 1 atom stereocenters. The van der Waals surface area contributed by atoms with Gasteiger partial charge in [0, 0.05) is 16.4 Å². The van der Waals surface area contributed by atoms with E-state index in [4.69, 9.17) is 5.73 Å². The fourth-order valence-corrected chi connectivity index (χ4v) is 2.70. The molecule has 1 unspecified atom stereocenters. The Morgan fingerprint density at radius 1 is 1.56 bits per heavy atom. The van der Waals surface area contributed by atoms with Crippen molar-refractivity contribution in [1.29, 1.82) is 0 Å². The molecule has 0 aliphatic heterocycles. The van der Waals surface area contributed by atoms with Gasteiger partial charge < -0.3 is 11.1 Å². The van der Waals surface area contributed by atoms with Crippen LogP contribution in [-0.2, 0) is 4.79 Å². The van der Waals surface area contributed by atoms with Gasteiger partial charge in [-0.2, -0.15) is 0 Å². The van der Waals surface area contributed by atoms with Gasteiger partial charge in [0.2, 0.25) is 5.91 Å². The van der Waals surface area contributed by atoms with Gasteiger partial charge in [0.05, 0.1) is 6.04 Å². The third-order valence-electron chi connectivity index (χ3n) is 3.59. The average Bonchev–Trinajstić information content (AvgIpc) is 2.26. The number of amides is 1. The molecule has 1 amide bonds. The van der Waals surface area contributed by atoms with E-state index >= 15 is 0 Å². The first-order chi connectivity index (χ1) is 8.48. The minimum Gasteiger partial charge on any atom is -0.350 e. The van der Waals surface area contributed by atoms with E-state index in [1.165, 1.54) is 0 Å². The molecule has 1 aliphatic rings. The van der Waals surface area contributed by atoms with Crippen molar-refractivity contribution in [3.63, 3.8) is 0 Å². The number of rotatable bonds is 4.